The van der Waals surface area contributed by atoms with Gasteiger partial charge in [0.1, 0.15) is 4.90 Å². The number of fused-ring (bicyclic) bond motifs is 1. The Morgan fingerprint density at radius 3 is 1.82 bits per heavy atom. The normalized spacial score (nSPS) is 12.0. The van der Waals surface area contributed by atoms with Crippen LogP contribution in [0.5, 0.6) is 0 Å². The van der Waals surface area contributed by atoms with Crippen LogP contribution in [-0.2, 0) is 23.0 Å². The van der Waals surface area contributed by atoms with Crippen molar-refractivity contribution in [2.45, 2.75) is 95.8 Å². The zero-order valence-corrected chi connectivity index (χ0v) is 18.4. The van der Waals surface area contributed by atoms with Gasteiger partial charge in [0, 0.05) is 5.39 Å². The maximum atomic E-state index is 11.8. The lowest BCUT2D eigenvalue weighted by Crippen LogP contribution is -2.02. The zero-order valence-electron chi connectivity index (χ0n) is 17.5. The molecule has 0 unspecified atom stereocenters. The van der Waals surface area contributed by atoms with Gasteiger partial charge < -0.3 is 0 Å². The summed E-state index contributed by atoms with van der Waals surface area (Å²) in [6.07, 6.45) is 14.4. The molecule has 0 spiro atoms. The molecule has 2 aromatic rings. The van der Waals surface area contributed by atoms with E-state index in [9.17, 15) is 13.0 Å². The van der Waals surface area contributed by atoms with E-state index in [1.807, 2.05) is 12.1 Å². The number of rotatable bonds is 13. The molecule has 0 radical (unpaired) electrons. The Morgan fingerprint density at radius 2 is 1.29 bits per heavy atom. The van der Waals surface area contributed by atoms with Crippen molar-refractivity contribution in [3.63, 3.8) is 0 Å². The van der Waals surface area contributed by atoms with E-state index in [1.54, 1.807) is 6.07 Å². The third-order valence-corrected chi connectivity index (χ3v) is 6.45. The van der Waals surface area contributed by atoms with Crippen molar-refractivity contribution in [1.82, 2.24) is 0 Å². The van der Waals surface area contributed by atoms with Crippen LogP contribution >= 0.6 is 0 Å². The molecule has 1 N–H and O–H groups in total. The van der Waals surface area contributed by atoms with Gasteiger partial charge in [-0.25, -0.2) is 0 Å². The van der Waals surface area contributed by atoms with Crippen molar-refractivity contribution in [2.75, 3.05) is 0 Å². The summed E-state index contributed by atoms with van der Waals surface area (Å²) in [6, 6.07) is 9.30. The minimum Gasteiger partial charge on any atom is -0.282 e. The van der Waals surface area contributed by atoms with Crippen LogP contribution in [0, 0.1) is 0 Å². The molecule has 0 fully saturated rings. The van der Waals surface area contributed by atoms with Crippen LogP contribution in [0.4, 0.5) is 0 Å². The predicted octanol–water partition coefficient (Wildman–Crippen LogP) is 7.11. The fourth-order valence-corrected chi connectivity index (χ4v) is 4.62. The molecule has 0 atom stereocenters. The highest BCUT2D eigenvalue weighted by molar-refractivity contribution is 7.86. The fourth-order valence-electron chi connectivity index (χ4n) is 3.92. The van der Waals surface area contributed by atoms with Crippen molar-refractivity contribution >= 4 is 20.9 Å². The Balaban J connectivity index is 2.26. The Labute approximate surface area is 171 Å². The van der Waals surface area contributed by atoms with Crippen molar-refractivity contribution in [3.8, 4) is 0 Å². The molecule has 0 aliphatic carbocycles. The minimum atomic E-state index is -4.22. The lowest BCUT2D eigenvalue weighted by atomic mass is 9.93. The summed E-state index contributed by atoms with van der Waals surface area (Å²) >= 11 is 0. The first-order chi connectivity index (χ1) is 13.5. The maximum absolute atomic E-state index is 11.8. The fraction of sp³-hybridized carbons (Fsp3) is 0.583. The van der Waals surface area contributed by atoms with Crippen LogP contribution in [-0.4, -0.2) is 13.0 Å². The molecule has 0 heterocycles. The van der Waals surface area contributed by atoms with Crippen LogP contribution < -0.4 is 0 Å². The van der Waals surface area contributed by atoms with E-state index in [-0.39, 0.29) is 4.90 Å². The summed E-state index contributed by atoms with van der Waals surface area (Å²) < 4.78 is 33.2. The molecule has 0 bridgehead atoms. The average molecular weight is 405 g/mol. The van der Waals surface area contributed by atoms with Gasteiger partial charge in [0.15, 0.2) is 0 Å². The molecule has 3 nitrogen and oxygen atoms in total. The van der Waals surface area contributed by atoms with E-state index in [4.69, 9.17) is 0 Å². The van der Waals surface area contributed by atoms with Crippen molar-refractivity contribution < 1.29 is 13.0 Å². The van der Waals surface area contributed by atoms with Crippen LogP contribution in [0.3, 0.4) is 0 Å². The number of hydrogen-bond donors (Lipinski definition) is 1. The van der Waals surface area contributed by atoms with E-state index in [0.717, 1.165) is 24.6 Å². The summed E-state index contributed by atoms with van der Waals surface area (Å²) in [5.74, 6) is 0. The molecular formula is C24H36O3S. The largest absolute Gasteiger partial charge is 0.295 e. The predicted molar refractivity (Wildman–Crippen MR) is 119 cm³/mol. The molecule has 4 heteroatoms. The van der Waals surface area contributed by atoms with Gasteiger partial charge in [-0.05, 0) is 54.3 Å². The topological polar surface area (TPSA) is 54.4 Å². The summed E-state index contributed by atoms with van der Waals surface area (Å²) in [5, 5.41) is 1.54. The van der Waals surface area contributed by atoms with E-state index in [0.29, 0.717) is 5.39 Å². The first-order valence-electron chi connectivity index (χ1n) is 11.0. The second kappa shape index (κ2) is 11.6. The molecule has 156 valence electrons. The van der Waals surface area contributed by atoms with E-state index in [2.05, 4.69) is 19.9 Å². The Kier molecular flexibility index (Phi) is 9.46. The van der Waals surface area contributed by atoms with E-state index < -0.39 is 10.1 Å². The number of hydrogen-bond acceptors (Lipinski definition) is 2. The Morgan fingerprint density at radius 1 is 0.750 bits per heavy atom. The number of unbranched alkanes of at least 4 members (excludes halogenated alkanes) is 8. The molecule has 0 amide bonds. The number of benzene rings is 2. The average Bonchev–Trinajstić information content (AvgIpc) is 2.66. The third kappa shape index (κ3) is 6.89. The molecule has 0 aromatic heterocycles. The van der Waals surface area contributed by atoms with Crippen LogP contribution in [0.15, 0.2) is 35.2 Å². The summed E-state index contributed by atoms with van der Waals surface area (Å²) in [5.41, 5.74) is 2.59. The molecule has 0 saturated heterocycles. The van der Waals surface area contributed by atoms with Crippen LogP contribution in [0.25, 0.3) is 10.8 Å². The van der Waals surface area contributed by atoms with Crippen LogP contribution in [0.1, 0.15) is 89.2 Å². The maximum Gasteiger partial charge on any atom is 0.295 e. The quantitative estimate of drug-likeness (QED) is 0.286. The third-order valence-electron chi connectivity index (χ3n) is 5.54. The molecule has 0 aliphatic heterocycles. The summed E-state index contributed by atoms with van der Waals surface area (Å²) in [4.78, 5) is 0.0201. The Hall–Kier alpha value is -1.39. The molecule has 0 saturated carbocycles. The van der Waals surface area contributed by atoms with Gasteiger partial charge in [-0.1, -0.05) is 83.4 Å². The molecule has 2 rings (SSSR count). The van der Waals surface area contributed by atoms with Crippen LogP contribution in [0.2, 0.25) is 0 Å². The minimum absolute atomic E-state index is 0.0201. The first kappa shape index (κ1) is 22.9. The second-order valence-electron chi connectivity index (χ2n) is 7.90. The standard InChI is InChI=1S/C24H36O3S/c1-3-5-7-9-11-14-20-18-22-16-13-17-24(28(25,26)27)23(22)19-21(20)15-12-10-8-6-4-2/h13,16-19H,3-12,14-15H2,1-2H3,(H,25,26,27). The van der Waals surface area contributed by atoms with Crippen molar-refractivity contribution in [2.24, 2.45) is 0 Å². The smallest absolute Gasteiger partial charge is 0.282 e. The second-order valence-corrected chi connectivity index (χ2v) is 9.29. The molecule has 28 heavy (non-hydrogen) atoms. The van der Waals surface area contributed by atoms with E-state index in [1.165, 1.54) is 75.0 Å². The molecule has 0 aliphatic rings. The van der Waals surface area contributed by atoms with Gasteiger partial charge in [-0.3, -0.25) is 4.55 Å². The highest BCUT2D eigenvalue weighted by atomic mass is 32.2. The lowest BCUT2D eigenvalue weighted by Gasteiger charge is -2.14. The van der Waals surface area contributed by atoms with Crippen molar-refractivity contribution in [3.05, 3.63) is 41.5 Å². The molecule has 2 aromatic carbocycles. The number of aryl methyl sites for hydroxylation is 2. The Bertz CT molecular complexity index is 840. The van der Waals surface area contributed by atoms with Gasteiger partial charge in [-0.15, -0.1) is 0 Å². The molecular weight excluding hydrogens is 368 g/mol. The summed E-state index contributed by atoms with van der Waals surface area (Å²) in [7, 11) is -4.22. The van der Waals surface area contributed by atoms with Gasteiger partial charge >= 0.3 is 0 Å². The van der Waals surface area contributed by atoms with Gasteiger partial charge in [0.2, 0.25) is 0 Å². The van der Waals surface area contributed by atoms with Gasteiger partial charge in [0.25, 0.3) is 10.1 Å². The highest BCUT2D eigenvalue weighted by Gasteiger charge is 2.15. The SMILES string of the molecule is CCCCCCCc1cc2cccc(S(=O)(=O)O)c2cc1CCCCCCC. The van der Waals surface area contributed by atoms with Gasteiger partial charge in [0.05, 0.1) is 0 Å². The summed E-state index contributed by atoms with van der Waals surface area (Å²) in [6.45, 7) is 4.45. The first-order valence-corrected chi connectivity index (χ1v) is 12.4. The van der Waals surface area contributed by atoms with Gasteiger partial charge in [-0.2, -0.15) is 8.42 Å². The monoisotopic (exact) mass is 404 g/mol. The zero-order chi connectivity index (χ0) is 20.4. The lowest BCUT2D eigenvalue weighted by molar-refractivity contribution is 0.484. The highest BCUT2D eigenvalue weighted by Crippen LogP contribution is 2.28. The van der Waals surface area contributed by atoms with E-state index >= 15 is 0 Å². The van der Waals surface area contributed by atoms with Crippen molar-refractivity contribution in [1.29, 1.82) is 0 Å².